The molecular formula is C11H23N3O2S2. The summed E-state index contributed by atoms with van der Waals surface area (Å²) in [6, 6.07) is -0.0211. The monoisotopic (exact) mass is 293 g/mol. The SMILES string of the molecule is NCCCCCCNC(=S)NC1CCS(=O)(=O)C1. The van der Waals surface area contributed by atoms with Gasteiger partial charge in [-0.3, -0.25) is 0 Å². The van der Waals surface area contributed by atoms with Gasteiger partial charge in [0.25, 0.3) is 0 Å². The Morgan fingerprint density at radius 3 is 2.61 bits per heavy atom. The van der Waals surface area contributed by atoms with Crippen molar-refractivity contribution in [1.29, 1.82) is 0 Å². The van der Waals surface area contributed by atoms with Crippen LogP contribution in [0.4, 0.5) is 0 Å². The largest absolute Gasteiger partial charge is 0.363 e. The van der Waals surface area contributed by atoms with Gasteiger partial charge in [-0.05, 0) is 38.0 Å². The van der Waals surface area contributed by atoms with E-state index in [4.69, 9.17) is 18.0 Å². The molecule has 0 aliphatic carbocycles. The summed E-state index contributed by atoms with van der Waals surface area (Å²) >= 11 is 5.13. The number of nitrogens with one attached hydrogen (secondary N) is 2. The van der Waals surface area contributed by atoms with Gasteiger partial charge in [0.05, 0.1) is 11.5 Å². The molecule has 106 valence electrons. The Balaban J connectivity index is 2.04. The first-order chi connectivity index (χ1) is 8.53. The zero-order valence-electron chi connectivity index (χ0n) is 10.7. The van der Waals surface area contributed by atoms with Crippen LogP contribution in [0.3, 0.4) is 0 Å². The number of nitrogens with two attached hydrogens (primary N) is 1. The molecule has 0 spiro atoms. The molecule has 1 rings (SSSR count). The molecule has 1 atom stereocenters. The van der Waals surface area contributed by atoms with Crippen molar-refractivity contribution in [3.8, 4) is 0 Å². The number of hydrogen-bond donors (Lipinski definition) is 3. The predicted molar refractivity (Wildman–Crippen MR) is 78.3 cm³/mol. The Labute approximate surface area is 115 Å². The summed E-state index contributed by atoms with van der Waals surface area (Å²) in [4.78, 5) is 0. The van der Waals surface area contributed by atoms with Crippen LogP contribution in [0.1, 0.15) is 32.1 Å². The smallest absolute Gasteiger partial charge is 0.166 e. The summed E-state index contributed by atoms with van der Waals surface area (Å²) in [5.41, 5.74) is 5.41. The molecule has 0 bridgehead atoms. The molecule has 1 saturated heterocycles. The van der Waals surface area contributed by atoms with E-state index in [0.29, 0.717) is 11.5 Å². The third kappa shape index (κ3) is 6.51. The minimum absolute atomic E-state index is 0.0211. The van der Waals surface area contributed by atoms with E-state index in [1.165, 1.54) is 0 Å². The first-order valence-corrected chi connectivity index (χ1v) is 8.71. The van der Waals surface area contributed by atoms with E-state index in [-0.39, 0.29) is 17.5 Å². The minimum atomic E-state index is -2.84. The topological polar surface area (TPSA) is 84.2 Å². The third-order valence-corrected chi connectivity index (χ3v) is 5.01. The maximum absolute atomic E-state index is 11.3. The summed E-state index contributed by atoms with van der Waals surface area (Å²) in [6.45, 7) is 1.58. The molecule has 0 saturated carbocycles. The Bertz CT molecular complexity index is 357. The van der Waals surface area contributed by atoms with Gasteiger partial charge in [-0.25, -0.2) is 8.42 Å². The van der Waals surface area contributed by atoms with Crippen molar-refractivity contribution in [2.24, 2.45) is 5.73 Å². The van der Waals surface area contributed by atoms with Crippen molar-refractivity contribution in [3.05, 3.63) is 0 Å². The fraction of sp³-hybridized carbons (Fsp3) is 0.909. The lowest BCUT2D eigenvalue weighted by Gasteiger charge is -2.14. The molecule has 7 heteroatoms. The van der Waals surface area contributed by atoms with Crippen molar-refractivity contribution in [3.63, 3.8) is 0 Å². The highest BCUT2D eigenvalue weighted by Gasteiger charge is 2.27. The van der Waals surface area contributed by atoms with Crippen molar-refractivity contribution in [2.45, 2.75) is 38.1 Å². The lowest BCUT2D eigenvalue weighted by molar-refractivity contribution is 0.599. The van der Waals surface area contributed by atoms with Crippen LogP contribution < -0.4 is 16.4 Å². The number of rotatable bonds is 7. The van der Waals surface area contributed by atoms with Gasteiger partial charge in [-0.1, -0.05) is 12.8 Å². The lowest BCUT2D eigenvalue weighted by Crippen LogP contribution is -2.42. The number of unbranched alkanes of at least 4 members (excludes halogenated alkanes) is 3. The standard InChI is InChI=1S/C11H23N3O2S2/c12-6-3-1-2-4-7-13-11(17)14-10-5-8-18(15,16)9-10/h10H,1-9,12H2,(H2,13,14,17). The highest BCUT2D eigenvalue weighted by Crippen LogP contribution is 2.10. The molecule has 0 radical (unpaired) electrons. The first-order valence-electron chi connectivity index (χ1n) is 6.48. The number of sulfone groups is 1. The molecule has 1 aliphatic heterocycles. The molecular weight excluding hydrogens is 270 g/mol. The summed E-state index contributed by atoms with van der Waals surface area (Å²) in [5.74, 6) is 0.470. The van der Waals surface area contributed by atoms with Crippen molar-refractivity contribution >= 4 is 27.2 Å². The van der Waals surface area contributed by atoms with Gasteiger partial charge in [0, 0.05) is 12.6 Å². The molecule has 0 aromatic rings. The zero-order valence-corrected chi connectivity index (χ0v) is 12.3. The van der Waals surface area contributed by atoms with Crippen LogP contribution >= 0.6 is 12.2 Å². The van der Waals surface area contributed by atoms with Crippen LogP contribution in [-0.2, 0) is 9.84 Å². The number of thiocarbonyl (C=S) groups is 1. The average Bonchev–Trinajstić information content (AvgIpc) is 2.63. The lowest BCUT2D eigenvalue weighted by atomic mass is 10.2. The summed E-state index contributed by atoms with van der Waals surface area (Å²) in [7, 11) is -2.84. The normalized spacial score (nSPS) is 21.7. The molecule has 0 aromatic carbocycles. The quantitative estimate of drug-likeness (QED) is 0.458. The van der Waals surface area contributed by atoms with E-state index in [2.05, 4.69) is 10.6 Å². The summed E-state index contributed by atoms with van der Waals surface area (Å²) in [6.07, 6.45) is 5.08. The fourth-order valence-electron chi connectivity index (χ4n) is 1.97. The first kappa shape index (κ1) is 15.7. The molecule has 18 heavy (non-hydrogen) atoms. The molecule has 5 nitrogen and oxygen atoms in total. The van der Waals surface area contributed by atoms with Crippen molar-refractivity contribution in [2.75, 3.05) is 24.6 Å². The van der Waals surface area contributed by atoms with E-state index in [1.807, 2.05) is 0 Å². The van der Waals surface area contributed by atoms with Crippen LogP contribution in [-0.4, -0.2) is 44.2 Å². The molecule has 1 fully saturated rings. The maximum atomic E-state index is 11.3. The minimum Gasteiger partial charge on any atom is -0.363 e. The second-order valence-corrected chi connectivity index (χ2v) is 7.34. The predicted octanol–water partition coefficient (Wildman–Crippen LogP) is 0.157. The van der Waals surface area contributed by atoms with E-state index in [0.717, 1.165) is 38.8 Å². The van der Waals surface area contributed by atoms with Crippen molar-refractivity contribution < 1.29 is 8.42 Å². The highest BCUT2D eigenvalue weighted by molar-refractivity contribution is 7.91. The van der Waals surface area contributed by atoms with E-state index in [1.54, 1.807) is 0 Å². The van der Waals surface area contributed by atoms with Gasteiger partial charge >= 0.3 is 0 Å². The molecule has 1 heterocycles. The van der Waals surface area contributed by atoms with Gasteiger partial charge in [-0.2, -0.15) is 0 Å². The van der Waals surface area contributed by atoms with Crippen LogP contribution in [0.25, 0.3) is 0 Å². The van der Waals surface area contributed by atoms with Gasteiger partial charge < -0.3 is 16.4 Å². The third-order valence-electron chi connectivity index (χ3n) is 2.98. The molecule has 1 unspecified atom stereocenters. The van der Waals surface area contributed by atoms with Gasteiger partial charge in [0.2, 0.25) is 0 Å². The van der Waals surface area contributed by atoms with Crippen molar-refractivity contribution in [1.82, 2.24) is 10.6 Å². The van der Waals surface area contributed by atoms with Gasteiger partial charge in [-0.15, -0.1) is 0 Å². The summed E-state index contributed by atoms with van der Waals surface area (Å²) < 4.78 is 22.5. The summed E-state index contributed by atoms with van der Waals surface area (Å²) in [5, 5.41) is 6.73. The van der Waals surface area contributed by atoms with Gasteiger partial charge in [0.15, 0.2) is 14.9 Å². The zero-order chi connectivity index (χ0) is 13.4. The maximum Gasteiger partial charge on any atom is 0.166 e. The fourth-order valence-corrected chi connectivity index (χ4v) is 3.91. The Kier molecular flexibility index (Phi) is 6.88. The van der Waals surface area contributed by atoms with Crippen LogP contribution in [0, 0.1) is 0 Å². The average molecular weight is 293 g/mol. The molecule has 0 aromatic heterocycles. The second-order valence-electron chi connectivity index (χ2n) is 4.70. The second kappa shape index (κ2) is 7.91. The van der Waals surface area contributed by atoms with E-state index >= 15 is 0 Å². The van der Waals surface area contributed by atoms with E-state index < -0.39 is 9.84 Å². The highest BCUT2D eigenvalue weighted by atomic mass is 32.2. The van der Waals surface area contributed by atoms with E-state index in [9.17, 15) is 8.42 Å². The molecule has 4 N–H and O–H groups in total. The Morgan fingerprint density at radius 1 is 1.28 bits per heavy atom. The van der Waals surface area contributed by atoms with Crippen LogP contribution in [0.2, 0.25) is 0 Å². The van der Waals surface area contributed by atoms with Gasteiger partial charge in [0.1, 0.15) is 0 Å². The Hall–Kier alpha value is -0.400. The Morgan fingerprint density at radius 2 is 2.00 bits per heavy atom. The molecule has 1 aliphatic rings. The van der Waals surface area contributed by atoms with Crippen LogP contribution in [0.5, 0.6) is 0 Å². The number of hydrogen-bond acceptors (Lipinski definition) is 4. The van der Waals surface area contributed by atoms with Crippen LogP contribution in [0.15, 0.2) is 0 Å². The molecule has 0 amide bonds.